The quantitative estimate of drug-likeness (QED) is 0.665. The number of hydrogen-bond donors (Lipinski definition) is 1. The Morgan fingerprint density at radius 2 is 2.08 bits per heavy atom. The van der Waals surface area contributed by atoms with E-state index in [2.05, 4.69) is 5.32 Å². The fourth-order valence-electron chi connectivity index (χ4n) is 3.35. The van der Waals surface area contributed by atoms with Crippen molar-refractivity contribution in [3.05, 3.63) is 34.2 Å². The van der Waals surface area contributed by atoms with Crippen LogP contribution in [0.3, 0.4) is 0 Å². The Morgan fingerprint density at radius 1 is 1.29 bits per heavy atom. The molecule has 7 nitrogen and oxygen atoms in total. The molecule has 0 radical (unpaired) electrons. The Hall–Kier alpha value is -2.70. The van der Waals surface area contributed by atoms with Crippen molar-refractivity contribution < 1.29 is 14.4 Å². The number of aldehydes is 1. The van der Waals surface area contributed by atoms with E-state index in [1.165, 1.54) is 9.13 Å². The van der Waals surface area contributed by atoms with Gasteiger partial charge >= 0.3 is 5.69 Å². The third-order valence-electron chi connectivity index (χ3n) is 4.48. The number of fused-ring (bicyclic) bond motifs is 1. The highest BCUT2D eigenvalue weighted by molar-refractivity contribution is 5.98. The smallest absolute Gasteiger partial charge is 0.303 e. The van der Waals surface area contributed by atoms with Gasteiger partial charge in [0, 0.05) is 19.9 Å². The van der Waals surface area contributed by atoms with Gasteiger partial charge in [-0.05, 0) is 30.9 Å². The van der Waals surface area contributed by atoms with Crippen LogP contribution in [0.5, 0.6) is 0 Å². The van der Waals surface area contributed by atoms with Crippen LogP contribution in [0.1, 0.15) is 37.3 Å². The molecule has 1 atom stereocenters. The molecule has 1 aromatic heterocycles. The Balaban J connectivity index is 2.16. The maximum atomic E-state index is 12.7. The number of benzene rings is 1. The van der Waals surface area contributed by atoms with Crippen molar-refractivity contribution in [1.29, 1.82) is 0 Å². The summed E-state index contributed by atoms with van der Waals surface area (Å²) in [7, 11) is 1.66. The number of rotatable bonds is 4. The molecule has 0 saturated carbocycles. The Labute approximate surface area is 138 Å². The first-order chi connectivity index (χ1) is 11.5. The van der Waals surface area contributed by atoms with Crippen LogP contribution in [0, 0.1) is 0 Å². The second kappa shape index (κ2) is 6.43. The van der Waals surface area contributed by atoms with E-state index >= 15 is 0 Å². The van der Waals surface area contributed by atoms with Gasteiger partial charge in [-0.15, -0.1) is 0 Å². The van der Waals surface area contributed by atoms with E-state index in [1.54, 1.807) is 13.1 Å². The van der Waals surface area contributed by atoms with E-state index in [0.717, 1.165) is 17.4 Å². The minimum Gasteiger partial charge on any atom is -0.303 e. The Morgan fingerprint density at radius 3 is 2.83 bits per heavy atom. The van der Waals surface area contributed by atoms with Crippen LogP contribution >= 0.6 is 0 Å². The second-order valence-electron chi connectivity index (χ2n) is 6.02. The highest BCUT2D eigenvalue weighted by atomic mass is 16.2. The number of nitrogens with zero attached hydrogens (tertiary/aromatic N) is 2. The maximum Gasteiger partial charge on any atom is 0.329 e. The van der Waals surface area contributed by atoms with Gasteiger partial charge < -0.3 is 4.79 Å². The summed E-state index contributed by atoms with van der Waals surface area (Å²) < 4.78 is 2.98. The number of hydrogen-bond acceptors (Lipinski definition) is 4. The van der Waals surface area contributed by atoms with Gasteiger partial charge in [-0.2, -0.15) is 0 Å². The highest BCUT2D eigenvalue weighted by Gasteiger charge is 2.29. The van der Waals surface area contributed by atoms with Crippen molar-refractivity contribution in [2.75, 3.05) is 0 Å². The predicted octanol–water partition coefficient (Wildman–Crippen LogP) is 0.839. The zero-order valence-corrected chi connectivity index (χ0v) is 13.4. The second-order valence-corrected chi connectivity index (χ2v) is 6.02. The molecule has 126 valence electrons. The van der Waals surface area contributed by atoms with Gasteiger partial charge in [0.15, 0.2) is 0 Å². The van der Waals surface area contributed by atoms with Crippen molar-refractivity contribution in [2.45, 2.75) is 38.1 Å². The molecular formula is C17H19N3O4. The number of para-hydroxylation sites is 1. The van der Waals surface area contributed by atoms with E-state index in [1.807, 2.05) is 12.1 Å². The van der Waals surface area contributed by atoms with Gasteiger partial charge in [-0.25, -0.2) is 4.79 Å². The fraction of sp³-hybridized carbons (Fsp3) is 0.412. The molecule has 2 aromatic rings. The molecule has 1 fully saturated rings. The third-order valence-corrected chi connectivity index (χ3v) is 4.48. The first kappa shape index (κ1) is 16.2. The van der Waals surface area contributed by atoms with E-state index in [-0.39, 0.29) is 18.0 Å². The largest absolute Gasteiger partial charge is 0.329 e. The van der Waals surface area contributed by atoms with E-state index in [9.17, 15) is 19.2 Å². The minimum atomic E-state index is -0.700. The van der Waals surface area contributed by atoms with Crippen molar-refractivity contribution in [3.8, 4) is 0 Å². The third kappa shape index (κ3) is 2.66. The summed E-state index contributed by atoms with van der Waals surface area (Å²) in [6.45, 7) is 0. The highest BCUT2D eigenvalue weighted by Crippen LogP contribution is 2.25. The van der Waals surface area contributed by atoms with Crippen LogP contribution in [0.15, 0.2) is 23.0 Å². The molecule has 1 N–H and O–H groups in total. The molecular weight excluding hydrogens is 310 g/mol. The van der Waals surface area contributed by atoms with Crippen LogP contribution in [-0.2, 0) is 27.9 Å². The standard InChI is InChI=1S/C17H19N3O4/c1-19-15-11(6-4-10-21)5-2-7-12(15)20(17(19)24)13-8-3-9-14(22)18-16(13)23/h2,5,7,10,13H,3-4,6,8-9H2,1H3,(H,18,22,23). The lowest BCUT2D eigenvalue weighted by Crippen LogP contribution is -2.38. The van der Waals surface area contributed by atoms with Crippen LogP contribution in [-0.4, -0.2) is 27.2 Å². The molecule has 1 aliphatic heterocycles. The summed E-state index contributed by atoms with van der Waals surface area (Å²) in [6.07, 6.45) is 3.03. The van der Waals surface area contributed by atoms with Crippen LogP contribution < -0.4 is 11.0 Å². The summed E-state index contributed by atoms with van der Waals surface area (Å²) in [6, 6.07) is 4.79. The number of nitrogens with one attached hydrogen (secondary N) is 1. The summed E-state index contributed by atoms with van der Waals surface area (Å²) in [4.78, 5) is 47.3. The molecule has 24 heavy (non-hydrogen) atoms. The molecule has 0 spiro atoms. The number of amides is 2. The first-order valence-corrected chi connectivity index (χ1v) is 8.00. The number of carbonyl (C=O) groups excluding carboxylic acids is 3. The van der Waals surface area contributed by atoms with Crippen LogP contribution in [0.2, 0.25) is 0 Å². The minimum absolute atomic E-state index is 0.284. The monoisotopic (exact) mass is 329 g/mol. The van der Waals surface area contributed by atoms with E-state index in [4.69, 9.17) is 0 Å². The van der Waals surface area contributed by atoms with Crippen LogP contribution in [0.25, 0.3) is 11.0 Å². The van der Waals surface area contributed by atoms with Crippen molar-refractivity contribution in [2.24, 2.45) is 7.05 Å². The molecule has 7 heteroatoms. The van der Waals surface area contributed by atoms with Crippen LogP contribution in [0.4, 0.5) is 0 Å². The number of imidazole rings is 1. The Bertz CT molecular complexity index is 878. The lowest BCUT2D eigenvalue weighted by Gasteiger charge is -2.14. The Kier molecular flexibility index (Phi) is 4.33. The number of imide groups is 1. The predicted molar refractivity (Wildman–Crippen MR) is 87.6 cm³/mol. The lowest BCUT2D eigenvalue weighted by molar-refractivity contribution is -0.131. The van der Waals surface area contributed by atoms with Gasteiger partial charge in [0.2, 0.25) is 11.8 Å². The lowest BCUT2D eigenvalue weighted by atomic mass is 10.1. The maximum absolute atomic E-state index is 12.7. The first-order valence-electron chi connectivity index (χ1n) is 8.00. The number of aryl methyl sites for hydroxylation is 2. The van der Waals surface area contributed by atoms with Gasteiger partial charge in [0.25, 0.3) is 0 Å². The molecule has 2 amide bonds. The summed E-state index contributed by atoms with van der Waals surface area (Å²) in [5, 5.41) is 2.35. The average Bonchev–Trinajstić information content (AvgIpc) is 2.70. The molecule has 1 aromatic carbocycles. The topological polar surface area (TPSA) is 90.2 Å². The SMILES string of the molecule is Cn1c(=O)n(C2CCCC(=O)NC2=O)c2cccc(CCC=O)c21. The molecule has 1 unspecified atom stereocenters. The summed E-state index contributed by atoms with van der Waals surface area (Å²) in [5.74, 6) is -0.743. The number of aromatic nitrogens is 2. The number of carbonyl (C=O) groups is 3. The molecule has 0 bridgehead atoms. The average molecular weight is 329 g/mol. The van der Waals surface area contributed by atoms with Crippen molar-refractivity contribution in [3.63, 3.8) is 0 Å². The van der Waals surface area contributed by atoms with Gasteiger partial charge in [0.1, 0.15) is 12.3 Å². The zero-order chi connectivity index (χ0) is 17.3. The summed E-state index contributed by atoms with van der Waals surface area (Å²) in [5.41, 5.74) is 1.98. The normalized spacial score (nSPS) is 18.5. The molecule has 2 heterocycles. The van der Waals surface area contributed by atoms with Gasteiger partial charge in [-0.3, -0.25) is 24.0 Å². The fourth-order valence-corrected chi connectivity index (χ4v) is 3.35. The van der Waals surface area contributed by atoms with E-state index in [0.29, 0.717) is 31.2 Å². The summed E-state index contributed by atoms with van der Waals surface area (Å²) >= 11 is 0. The van der Waals surface area contributed by atoms with Crippen molar-refractivity contribution >= 4 is 29.1 Å². The van der Waals surface area contributed by atoms with Crippen molar-refractivity contribution in [1.82, 2.24) is 14.5 Å². The van der Waals surface area contributed by atoms with Gasteiger partial charge in [0.05, 0.1) is 11.0 Å². The molecule has 1 saturated heterocycles. The zero-order valence-electron chi connectivity index (χ0n) is 13.4. The molecule has 3 rings (SSSR count). The van der Waals surface area contributed by atoms with E-state index < -0.39 is 11.9 Å². The van der Waals surface area contributed by atoms with Gasteiger partial charge in [-0.1, -0.05) is 12.1 Å². The molecule has 0 aliphatic carbocycles. The molecule has 1 aliphatic rings.